The number of carbonyl (C=O) groups is 1. The van der Waals surface area contributed by atoms with E-state index in [0.29, 0.717) is 11.7 Å². The molecule has 29 heavy (non-hydrogen) atoms. The van der Waals surface area contributed by atoms with Gasteiger partial charge >= 0.3 is 0 Å². The highest BCUT2D eigenvalue weighted by atomic mass is 32.1. The van der Waals surface area contributed by atoms with Crippen LogP contribution in [0.1, 0.15) is 22.0 Å². The van der Waals surface area contributed by atoms with Crippen LogP contribution in [-0.4, -0.2) is 53.4 Å². The molecule has 0 bridgehead atoms. The summed E-state index contributed by atoms with van der Waals surface area (Å²) in [5, 5.41) is 3.59. The first-order valence-corrected chi connectivity index (χ1v) is 10.8. The maximum Gasteiger partial charge on any atom is 0.240 e. The van der Waals surface area contributed by atoms with Crippen LogP contribution in [0.3, 0.4) is 0 Å². The molecule has 4 rings (SSSR count). The van der Waals surface area contributed by atoms with Crippen LogP contribution in [0.25, 0.3) is 0 Å². The average molecular weight is 407 g/mol. The molecule has 2 heterocycles. The van der Waals surface area contributed by atoms with Crippen LogP contribution in [-0.2, 0) is 4.79 Å². The van der Waals surface area contributed by atoms with Gasteiger partial charge in [0.05, 0.1) is 12.6 Å². The second kappa shape index (κ2) is 9.31. The highest BCUT2D eigenvalue weighted by Gasteiger charge is 2.27. The summed E-state index contributed by atoms with van der Waals surface area (Å²) >= 11 is 1.51. The fraction of sp³-hybridized carbons (Fsp3) is 0.304. The molecule has 1 amide bonds. The van der Waals surface area contributed by atoms with Crippen molar-refractivity contribution in [1.29, 1.82) is 0 Å². The number of piperazine rings is 1. The molecular weight excluding hydrogens is 380 g/mol. The van der Waals surface area contributed by atoms with Gasteiger partial charge in [-0.25, -0.2) is 4.98 Å². The molecule has 0 spiro atoms. The summed E-state index contributed by atoms with van der Waals surface area (Å²) in [6.07, 6.45) is 1.78. The van der Waals surface area contributed by atoms with Crippen LogP contribution in [0, 0.1) is 6.92 Å². The predicted molar refractivity (Wildman–Crippen MR) is 118 cm³/mol. The highest BCUT2D eigenvalue weighted by Crippen LogP contribution is 2.29. The van der Waals surface area contributed by atoms with Crippen molar-refractivity contribution < 1.29 is 4.79 Å². The number of nitrogens with one attached hydrogen (secondary N) is 1. The van der Waals surface area contributed by atoms with Crippen molar-refractivity contribution in [2.75, 3.05) is 38.0 Å². The third-order valence-corrected chi connectivity index (χ3v) is 6.07. The molecule has 150 valence electrons. The van der Waals surface area contributed by atoms with Crippen molar-refractivity contribution >= 4 is 22.4 Å². The van der Waals surface area contributed by atoms with Crippen molar-refractivity contribution in [1.82, 2.24) is 14.8 Å². The van der Waals surface area contributed by atoms with E-state index in [1.54, 1.807) is 6.20 Å². The molecule has 1 fully saturated rings. The third kappa shape index (κ3) is 5.09. The van der Waals surface area contributed by atoms with E-state index in [1.807, 2.05) is 6.92 Å². The smallest absolute Gasteiger partial charge is 0.240 e. The van der Waals surface area contributed by atoms with Gasteiger partial charge in [-0.3, -0.25) is 14.6 Å². The summed E-state index contributed by atoms with van der Waals surface area (Å²) in [5.41, 5.74) is 2.62. The second-order valence-electron chi connectivity index (χ2n) is 7.36. The fourth-order valence-electron chi connectivity index (χ4n) is 3.84. The lowest BCUT2D eigenvalue weighted by Gasteiger charge is -2.39. The van der Waals surface area contributed by atoms with Crippen LogP contribution in [0.2, 0.25) is 0 Å². The summed E-state index contributed by atoms with van der Waals surface area (Å²) in [6.45, 7) is 6.01. The van der Waals surface area contributed by atoms with Crippen LogP contribution in [0.4, 0.5) is 5.13 Å². The normalized spacial score (nSPS) is 15.5. The molecule has 2 aromatic carbocycles. The van der Waals surface area contributed by atoms with Gasteiger partial charge in [0, 0.05) is 37.3 Å². The minimum atomic E-state index is 0.00969. The molecule has 6 heteroatoms. The van der Waals surface area contributed by atoms with Crippen molar-refractivity contribution in [3.8, 4) is 0 Å². The summed E-state index contributed by atoms with van der Waals surface area (Å²) in [5.74, 6) is 0.00969. The lowest BCUT2D eigenvalue weighted by molar-refractivity contribution is -0.117. The van der Waals surface area contributed by atoms with Gasteiger partial charge in [0.2, 0.25) is 5.91 Å². The molecule has 1 aromatic heterocycles. The molecule has 1 N–H and O–H groups in total. The van der Waals surface area contributed by atoms with E-state index in [2.05, 4.69) is 80.8 Å². The molecule has 5 nitrogen and oxygen atoms in total. The molecular formula is C23H26N4OS. The number of nitrogens with zero attached hydrogens (tertiary/aromatic N) is 3. The quantitative estimate of drug-likeness (QED) is 0.677. The maximum atomic E-state index is 12.3. The van der Waals surface area contributed by atoms with Crippen molar-refractivity contribution in [2.45, 2.75) is 13.0 Å². The van der Waals surface area contributed by atoms with Crippen LogP contribution >= 0.6 is 11.3 Å². The zero-order valence-electron chi connectivity index (χ0n) is 16.6. The number of hydrogen-bond acceptors (Lipinski definition) is 5. The number of carbonyl (C=O) groups excluding carboxylic acids is 1. The van der Waals surface area contributed by atoms with E-state index < -0.39 is 0 Å². The van der Waals surface area contributed by atoms with Crippen molar-refractivity contribution in [3.05, 3.63) is 82.9 Å². The Kier molecular flexibility index (Phi) is 6.34. The van der Waals surface area contributed by atoms with Crippen LogP contribution < -0.4 is 5.32 Å². The zero-order chi connectivity index (χ0) is 20.1. The minimum Gasteiger partial charge on any atom is -0.301 e. The fourth-order valence-corrected chi connectivity index (χ4v) is 4.52. The van der Waals surface area contributed by atoms with E-state index in [4.69, 9.17) is 0 Å². The first-order chi connectivity index (χ1) is 14.2. The second-order valence-corrected chi connectivity index (χ2v) is 8.60. The molecule has 0 unspecified atom stereocenters. The van der Waals surface area contributed by atoms with Gasteiger partial charge in [0.25, 0.3) is 0 Å². The molecule has 1 aliphatic rings. The zero-order valence-corrected chi connectivity index (χ0v) is 17.4. The van der Waals surface area contributed by atoms with E-state index in [-0.39, 0.29) is 11.9 Å². The van der Waals surface area contributed by atoms with Crippen LogP contribution in [0.5, 0.6) is 0 Å². The largest absolute Gasteiger partial charge is 0.301 e. The Balaban J connectivity index is 1.38. The minimum absolute atomic E-state index is 0.00969. The highest BCUT2D eigenvalue weighted by molar-refractivity contribution is 7.15. The Hall–Kier alpha value is -2.54. The summed E-state index contributed by atoms with van der Waals surface area (Å²) < 4.78 is 0. The lowest BCUT2D eigenvalue weighted by atomic mass is 9.96. The van der Waals surface area contributed by atoms with Gasteiger partial charge in [0.1, 0.15) is 0 Å². The Labute approximate surface area is 176 Å². The molecule has 0 saturated carbocycles. The van der Waals surface area contributed by atoms with Crippen LogP contribution in [0.15, 0.2) is 66.9 Å². The lowest BCUT2D eigenvalue weighted by Crippen LogP contribution is -2.49. The molecule has 3 aromatic rings. The van der Waals surface area contributed by atoms with E-state index in [0.717, 1.165) is 31.1 Å². The number of benzene rings is 2. The molecule has 1 saturated heterocycles. The molecule has 1 aliphatic heterocycles. The summed E-state index contributed by atoms with van der Waals surface area (Å²) in [6, 6.07) is 21.6. The van der Waals surface area contributed by atoms with Gasteiger partial charge < -0.3 is 5.32 Å². The average Bonchev–Trinajstić information content (AvgIpc) is 3.15. The van der Waals surface area contributed by atoms with Gasteiger partial charge in [0.15, 0.2) is 5.13 Å². The number of thiazole rings is 1. The van der Waals surface area contributed by atoms with Crippen molar-refractivity contribution in [3.63, 3.8) is 0 Å². The number of aromatic nitrogens is 1. The van der Waals surface area contributed by atoms with Crippen molar-refractivity contribution in [2.24, 2.45) is 0 Å². The van der Waals surface area contributed by atoms with Gasteiger partial charge in [-0.1, -0.05) is 60.7 Å². The number of hydrogen-bond donors (Lipinski definition) is 1. The molecule has 0 radical (unpaired) electrons. The number of aryl methyl sites for hydroxylation is 1. The summed E-state index contributed by atoms with van der Waals surface area (Å²) in [7, 11) is 0. The Morgan fingerprint density at radius 1 is 1.00 bits per heavy atom. The Bertz CT molecular complexity index is 881. The topological polar surface area (TPSA) is 48.5 Å². The SMILES string of the molecule is Cc1cnc(NC(=O)CN2CCN(C(c3ccccc3)c3ccccc3)CC2)s1. The maximum absolute atomic E-state index is 12.3. The first kappa shape index (κ1) is 19.8. The summed E-state index contributed by atoms with van der Waals surface area (Å²) in [4.78, 5) is 22.4. The first-order valence-electron chi connectivity index (χ1n) is 9.97. The number of anilines is 1. The van der Waals surface area contributed by atoms with Gasteiger partial charge in [-0.05, 0) is 18.1 Å². The number of rotatable bonds is 6. The Morgan fingerprint density at radius 2 is 1.59 bits per heavy atom. The predicted octanol–water partition coefficient (Wildman–Crippen LogP) is 3.80. The monoisotopic (exact) mass is 406 g/mol. The van der Waals surface area contributed by atoms with E-state index in [9.17, 15) is 4.79 Å². The standard InChI is InChI=1S/C23H26N4OS/c1-18-16-24-23(29-18)25-21(28)17-26-12-14-27(15-13-26)22(19-8-4-2-5-9-19)20-10-6-3-7-11-20/h2-11,16,22H,12-15,17H2,1H3,(H,24,25,28). The van der Waals surface area contributed by atoms with Gasteiger partial charge in [-0.15, -0.1) is 11.3 Å². The van der Waals surface area contributed by atoms with E-state index >= 15 is 0 Å². The van der Waals surface area contributed by atoms with Gasteiger partial charge in [-0.2, -0.15) is 0 Å². The third-order valence-electron chi connectivity index (χ3n) is 5.24. The Morgan fingerprint density at radius 3 is 2.10 bits per heavy atom. The molecule has 0 aliphatic carbocycles. The molecule has 0 atom stereocenters. The van der Waals surface area contributed by atoms with E-state index in [1.165, 1.54) is 22.5 Å². The number of amides is 1.